The largest absolute Gasteiger partial charge is 0.324 e. The molecular weight excluding hydrogens is 500 g/mol. The Morgan fingerprint density at radius 1 is 0.947 bits per heavy atom. The van der Waals surface area contributed by atoms with Crippen LogP contribution < -0.4 is 10.0 Å². The van der Waals surface area contributed by atoms with Gasteiger partial charge in [0.15, 0.2) is 0 Å². The Balaban J connectivity index is 1.32. The van der Waals surface area contributed by atoms with Crippen molar-refractivity contribution in [2.24, 2.45) is 0 Å². The van der Waals surface area contributed by atoms with Crippen LogP contribution >= 0.6 is 0 Å². The molecule has 1 fully saturated rings. The predicted molar refractivity (Wildman–Crippen MR) is 152 cm³/mol. The first-order valence-electron chi connectivity index (χ1n) is 12.5. The number of imidazole rings is 1. The molecule has 10 heteroatoms. The van der Waals surface area contributed by atoms with Gasteiger partial charge < -0.3 is 15.1 Å². The number of hydrogen-bond donors (Lipinski definition) is 2. The summed E-state index contributed by atoms with van der Waals surface area (Å²) < 4.78 is 27.8. The highest BCUT2D eigenvalue weighted by Gasteiger charge is 2.23. The van der Waals surface area contributed by atoms with E-state index in [-0.39, 0.29) is 6.03 Å². The molecule has 3 aromatic carbocycles. The number of rotatable bonds is 6. The highest BCUT2D eigenvalue weighted by Crippen LogP contribution is 2.28. The van der Waals surface area contributed by atoms with E-state index in [9.17, 15) is 13.2 Å². The van der Waals surface area contributed by atoms with Gasteiger partial charge in [0.2, 0.25) is 10.0 Å². The van der Waals surface area contributed by atoms with Crippen LogP contribution in [0.3, 0.4) is 0 Å². The van der Waals surface area contributed by atoms with Gasteiger partial charge in [-0.3, -0.25) is 9.29 Å². The van der Waals surface area contributed by atoms with Gasteiger partial charge in [-0.05, 0) is 80.5 Å². The van der Waals surface area contributed by atoms with Gasteiger partial charge in [0.25, 0.3) is 0 Å². The number of anilines is 2. The minimum absolute atomic E-state index is 0.0622. The number of nitrogens with zero attached hydrogens (tertiary/aromatic N) is 4. The lowest BCUT2D eigenvalue weighted by Crippen LogP contribution is -2.46. The molecule has 1 aliphatic rings. The van der Waals surface area contributed by atoms with E-state index >= 15 is 0 Å². The van der Waals surface area contributed by atoms with Gasteiger partial charge in [-0.1, -0.05) is 24.3 Å². The van der Waals surface area contributed by atoms with Crippen LogP contribution in [-0.2, 0) is 10.0 Å². The van der Waals surface area contributed by atoms with Crippen molar-refractivity contribution in [2.75, 3.05) is 43.5 Å². The van der Waals surface area contributed by atoms with Crippen LogP contribution in [0.5, 0.6) is 0 Å². The second-order valence-corrected chi connectivity index (χ2v) is 11.7. The lowest BCUT2D eigenvalue weighted by atomic mass is 10.0. The molecule has 0 unspecified atom stereocenters. The number of nitrogens with one attached hydrogen (secondary N) is 2. The Morgan fingerprint density at radius 2 is 1.66 bits per heavy atom. The van der Waals surface area contributed by atoms with Crippen molar-refractivity contribution in [2.45, 2.75) is 18.9 Å². The van der Waals surface area contributed by atoms with Gasteiger partial charge in [-0.15, -0.1) is 0 Å². The fraction of sp³-hybridized carbons (Fsp3) is 0.286. The molecule has 198 valence electrons. The first-order chi connectivity index (χ1) is 18.2. The van der Waals surface area contributed by atoms with Gasteiger partial charge in [-0.25, -0.2) is 18.2 Å². The van der Waals surface area contributed by atoms with Gasteiger partial charge in [0.1, 0.15) is 6.33 Å². The molecule has 1 aliphatic heterocycles. The molecule has 0 saturated carbocycles. The Hall–Kier alpha value is -3.89. The zero-order valence-electron chi connectivity index (χ0n) is 21.8. The molecule has 1 aromatic heterocycles. The van der Waals surface area contributed by atoms with Crippen molar-refractivity contribution in [3.63, 3.8) is 0 Å². The second-order valence-electron chi connectivity index (χ2n) is 9.93. The number of likely N-dealkylation sites (tertiary alicyclic amines) is 1. The van der Waals surface area contributed by atoms with E-state index in [0.29, 0.717) is 11.7 Å². The Bertz CT molecular complexity index is 1560. The summed E-state index contributed by atoms with van der Waals surface area (Å²) in [7, 11) is 0.799. The molecule has 0 aliphatic carbocycles. The summed E-state index contributed by atoms with van der Waals surface area (Å²) in [5.74, 6) is 0. The fourth-order valence-corrected chi connectivity index (χ4v) is 5.42. The molecule has 5 rings (SSSR count). The summed E-state index contributed by atoms with van der Waals surface area (Å²) in [4.78, 5) is 21.4. The Kier molecular flexibility index (Phi) is 7.09. The van der Waals surface area contributed by atoms with E-state index in [1.165, 1.54) is 0 Å². The first kappa shape index (κ1) is 25.7. The highest BCUT2D eigenvalue weighted by atomic mass is 32.2. The van der Waals surface area contributed by atoms with Crippen LogP contribution in [0, 0.1) is 0 Å². The summed E-state index contributed by atoms with van der Waals surface area (Å²) >= 11 is 0. The topological polar surface area (TPSA) is 99.6 Å². The number of aromatic nitrogens is 2. The molecule has 4 aromatic rings. The molecule has 2 amide bonds. The number of amides is 2. The lowest BCUT2D eigenvalue weighted by molar-refractivity contribution is 0.156. The van der Waals surface area contributed by atoms with Crippen LogP contribution in [0.4, 0.5) is 16.2 Å². The van der Waals surface area contributed by atoms with Crippen molar-refractivity contribution in [3.05, 3.63) is 73.1 Å². The van der Waals surface area contributed by atoms with Gasteiger partial charge in [0, 0.05) is 30.5 Å². The average Bonchev–Trinajstić information content (AvgIpc) is 3.32. The minimum atomic E-state index is -3.38. The zero-order valence-corrected chi connectivity index (χ0v) is 22.6. The van der Waals surface area contributed by atoms with Crippen LogP contribution in [-0.4, -0.2) is 73.3 Å². The van der Waals surface area contributed by atoms with E-state index in [1.807, 2.05) is 51.9 Å². The third-order valence-electron chi connectivity index (χ3n) is 6.93. The summed E-state index contributed by atoms with van der Waals surface area (Å²) in [6, 6.07) is 21.5. The van der Waals surface area contributed by atoms with E-state index in [2.05, 4.69) is 40.1 Å². The Morgan fingerprint density at radius 3 is 2.34 bits per heavy atom. The summed E-state index contributed by atoms with van der Waals surface area (Å²) in [5, 5.41) is 3.02. The maximum atomic E-state index is 12.7. The molecule has 9 nitrogen and oxygen atoms in total. The standard InChI is InChI=1S/C28H32N6O3S/c1-32(2)24-13-15-33(16-14-24)28(35)30-22-10-7-20(8-11-22)21-9-12-26-27(17-21)34(19-29-26)25-6-4-5-23(18-25)31-38(3,36)37/h4-12,17-19,24,31H,13-16H2,1-3H3,(H,30,35). The van der Waals surface area contributed by atoms with E-state index in [1.54, 1.807) is 24.5 Å². The number of carbonyl (C=O) groups excluding carboxylic acids is 1. The van der Waals surface area contributed by atoms with Crippen LogP contribution in [0.15, 0.2) is 73.1 Å². The Labute approximate surface area is 223 Å². The number of piperidine rings is 1. The van der Waals surface area contributed by atoms with E-state index in [4.69, 9.17) is 0 Å². The fourth-order valence-electron chi connectivity index (χ4n) is 4.86. The molecule has 0 spiro atoms. The van der Waals surface area contributed by atoms with Gasteiger partial charge in [-0.2, -0.15) is 0 Å². The maximum Gasteiger partial charge on any atom is 0.321 e. The van der Waals surface area contributed by atoms with E-state index in [0.717, 1.165) is 65.7 Å². The third kappa shape index (κ3) is 5.81. The number of fused-ring (bicyclic) bond motifs is 1. The van der Waals surface area contributed by atoms with Crippen LogP contribution in [0.25, 0.3) is 27.8 Å². The highest BCUT2D eigenvalue weighted by molar-refractivity contribution is 7.92. The minimum Gasteiger partial charge on any atom is -0.324 e. The summed E-state index contributed by atoms with van der Waals surface area (Å²) in [6.45, 7) is 1.52. The molecular formula is C28H32N6O3S. The van der Waals surface area contributed by atoms with Gasteiger partial charge >= 0.3 is 6.03 Å². The lowest BCUT2D eigenvalue weighted by Gasteiger charge is -2.35. The van der Waals surface area contributed by atoms with Crippen molar-refractivity contribution in [3.8, 4) is 16.8 Å². The first-order valence-corrected chi connectivity index (χ1v) is 14.4. The monoisotopic (exact) mass is 532 g/mol. The quantitative estimate of drug-likeness (QED) is 0.378. The third-order valence-corrected chi connectivity index (χ3v) is 7.53. The smallest absolute Gasteiger partial charge is 0.321 e. The van der Waals surface area contributed by atoms with Crippen molar-refractivity contribution in [1.29, 1.82) is 0 Å². The molecule has 0 bridgehead atoms. The average molecular weight is 533 g/mol. The molecule has 0 atom stereocenters. The van der Waals surface area contributed by atoms with Crippen LogP contribution in [0.2, 0.25) is 0 Å². The van der Waals surface area contributed by atoms with E-state index < -0.39 is 10.0 Å². The normalized spacial score (nSPS) is 14.7. The summed E-state index contributed by atoms with van der Waals surface area (Å²) in [6.07, 6.45) is 4.82. The van der Waals surface area contributed by atoms with Crippen molar-refractivity contribution >= 4 is 38.5 Å². The predicted octanol–water partition coefficient (Wildman–Crippen LogP) is 4.62. The SMILES string of the molecule is CN(C)C1CCN(C(=O)Nc2ccc(-c3ccc4ncn(-c5cccc(NS(C)(=O)=O)c5)c4c3)cc2)CC1. The zero-order chi connectivity index (χ0) is 26.9. The van der Waals surface area contributed by atoms with Gasteiger partial charge in [0.05, 0.1) is 23.0 Å². The second kappa shape index (κ2) is 10.5. The number of hydrogen-bond acceptors (Lipinski definition) is 5. The molecule has 38 heavy (non-hydrogen) atoms. The number of benzene rings is 3. The molecule has 1 saturated heterocycles. The maximum absolute atomic E-state index is 12.7. The van der Waals surface area contributed by atoms with Crippen LogP contribution in [0.1, 0.15) is 12.8 Å². The van der Waals surface area contributed by atoms with Crippen molar-refractivity contribution in [1.82, 2.24) is 19.4 Å². The summed E-state index contributed by atoms with van der Waals surface area (Å²) in [5.41, 5.74) is 5.79. The molecule has 0 radical (unpaired) electrons. The number of urea groups is 1. The molecule has 2 heterocycles. The van der Waals surface area contributed by atoms with Crippen molar-refractivity contribution < 1.29 is 13.2 Å². The number of carbonyl (C=O) groups is 1. The number of sulfonamides is 1. The molecule has 2 N–H and O–H groups in total.